The van der Waals surface area contributed by atoms with Crippen molar-refractivity contribution in [3.8, 4) is 11.3 Å². The van der Waals surface area contributed by atoms with Crippen molar-refractivity contribution in [1.82, 2.24) is 9.78 Å². The van der Waals surface area contributed by atoms with E-state index in [1.165, 1.54) is 6.26 Å². The Hall–Kier alpha value is -1.70. The first-order valence-corrected chi connectivity index (χ1v) is 9.45. The van der Waals surface area contributed by atoms with Gasteiger partial charge in [-0.25, -0.2) is 8.42 Å². The highest BCUT2D eigenvalue weighted by atomic mass is 32.2. The average molecular weight is 336 g/mol. The van der Waals surface area contributed by atoms with Crippen molar-refractivity contribution in [3.63, 3.8) is 0 Å². The number of aliphatic hydroxyl groups excluding tert-OH is 1. The number of rotatable bonds is 4. The van der Waals surface area contributed by atoms with E-state index in [1.54, 1.807) is 24.3 Å². The fourth-order valence-corrected chi connectivity index (χ4v) is 3.45. The van der Waals surface area contributed by atoms with Crippen LogP contribution in [0.5, 0.6) is 0 Å². The van der Waals surface area contributed by atoms with Crippen molar-refractivity contribution < 1.29 is 18.3 Å². The van der Waals surface area contributed by atoms with Crippen LogP contribution in [-0.2, 0) is 21.2 Å². The summed E-state index contributed by atoms with van der Waals surface area (Å²) in [6.07, 6.45) is 2.94. The van der Waals surface area contributed by atoms with Crippen LogP contribution in [0.3, 0.4) is 0 Å². The Morgan fingerprint density at radius 2 is 1.91 bits per heavy atom. The fraction of sp³-hybridized carbons (Fsp3) is 0.438. The van der Waals surface area contributed by atoms with Gasteiger partial charge in [0, 0.05) is 19.5 Å². The summed E-state index contributed by atoms with van der Waals surface area (Å²) < 4.78 is 30.5. The second-order valence-electron chi connectivity index (χ2n) is 5.76. The molecule has 1 fully saturated rings. The fourth-order valence-electron chi connectivity index (χ4n) is 2.82. The molecular formula is C16H20N2O4S. The Morgan fingerprint density at radius 3 is 2.48 bits per heavy atom. The van der Waals surface area contributed by atoms with Gasteiger partial charge in [0.25, 0.3) is 0 Å². The Labute approximate surface area is 135 Å². The number of hydrogen-bond donors (Lipinski definition) is 1. The summed E-state index contributed by atoms with van der Waals surface area (Å²) in [5.74, 6) is 0. The monoisotopic (exact) mass is 336 g/mol. The van der Waals surface area contributed by atoms with Crippen molar-refractivity contribution in [2.24, 2.45) is 0 Å². The standard InChI is InChI=1S/C16H20N2O4S/c1-23(20,21)15-4-2-12(3-5-15)16-10-13(11-19)17-18(16)14-6-8-22-9-7-14/h2-5,10,14,19H,6-9,11H2,1H3. The Bertz CT molecular complexity index is 775. The van der Waals surface area contributed by atoms with E-state index in [0.29, 0.717) is 23.8 Å². The molecule has 23 heavy (non-hydrogen) atoms. The SMILES string of the molecule is CS(=O)(=O)c1ccc(-c2cc(CO)nn2C2CCOCC2)cc1. The summed E-state index contributed by atoms with van der Waals surface area (Å²) in [4.78, 5) is 0.292. The Morgan fingerprint density at radius 1 is 1.26 bits per heavy atom. The Kier molecular flexibility index (Phi) is 4.52. The van der Waals surface area contributed by atoms with E-state index in [1.807, 2.05) is 10.7 Å². The normalized spacial score (nSPS) is 16.6. The minimum Gasteiger partial charge on any atom is -0.390 e. The van der Waals surface area contributed by atoms with E-state index in [-0.39, 0.29) is 12.6 Å². The molecule has 0 saturated carbocycles. The topological polar surface area (TPSA) is 81.4 Å². The van der Waals surface area contributed by atoms with Gasteiger partial charge < -0.3 is 9.84 Å². The molecule has 0 aliphatic carbocycles. The van der Waals surface area contributed by atoms with Gasteiger partial charge in [0.15, 0.2) is 9.84 Å². The molecule has 1 aromatic heterocycles. The molecule has 124 valence electrons. The van der Waals surface area contributed by atoms with Gasteiger partial charge in [-0.15, -0.1) is 0 Å². The molecule has 1 saturated heterocycles. The Balaban J connectivity index is 1.99. The minimum absolute atomic E-state index is 0.120. The van der Waals surface area contributed by atoms with Crippen molar-refractivity contribution >= 4 is 9.84 Å². The number of ether oxygens (including phenoxy) is 1. The van der Waals surface area contributed by atoms with Crippen LogP contribution in [0.15, 0.2) is 35.2 Å². The number of benzene rings is 1. The number of nitrogens with zero attached hydrogens (tertiary/aromatic N) is 2. The van der Waals surface area contributed by atoms with Crippen LogP contribution in [0.25, 0.3) is 11.3 Å². The lowest BCUT2D eigenvalue weighted by atomic mass is 10.1. The maximum absolute atomic E-state index is 11.6. The lowest BCUT2D eigenvalue weighted by molar-refractivity contribution is 0.0664. The average Bonchev–Trinajstić information content (AvgIpc) is 2.99. The van der Waals surface area contributed by atoms with E-state index in [9.17, 15) is 13.5 Å². The van der Waals surface area contributed by atoms with Gasteiger partial charge in [-0.1, -0.05) is 12.1 Å². The van der Waals surface area contributed by atoms with Crippen LogP contribution in [0.2, 0.25) is 0 Å². The molecule has 2 aromatic rings. The van der Waals surface area contributed by atoms with Gasteiger partial charge in [-0.3, -0.25) is 4.68 Å². The minimum atomic E-state index is -3.21. The highest BCUT2D eigenvalue weighted by molar-refractivity contribution is 7.90. The first-order chi connectivity index (χ1) is 11.0. The molecule has 2 heterocycles. The third-order valence-corrected chi connectivity index (χ3v) is 5.19. The predicted octanol–water partition coefficient (Wildman–Crippen LogP) is 1.80. The third kappa shape index (κ3) is 3.46. The largest absolute Gasteiger partial charge is 0.390 e. The van der Waals surface area contributed by atoms with Crippen LogP contribution in [0, 0.1) is 0 Å². The van der Waals surface area contributed by atoms with Gasteiger partial charge in [0.05, 0.1) is 28.9 Å². The summed E-state index contributed by atoms with van der Waals surface area (Å²) in [5, 5.41) is 13.9. The van der Waals surface area contributed by atoms with Crippen molar-refractivity contribution in [3.05, 3.63) is 36.0 Å². The van der Waals surface area contributed by atoms with Gasteiger partial charge >= 0.3 is 0 Å². The molecule has 0 amide bonds. The molecule has 1 aliphatic rings. The smallest absolute Gasteiger partial charge is 0.175 e. The van der Waals surface area contributed by atoms with Gasteiger partial charge in [0.1, 0.15) is 0 Å². The molecule has 3 rings (SSSR count). The zero-order valence-corrected chi connectivity index (χ0v) is 13.8. The molecule has 7 heteroatoms. The second-order valence-corrected chi connectivity index (χ2v) is 7.78. The molecular weight excluding hydrogens is 316 g/mol. The molecule has 1 aliphatic heterocycles. The molecule has 1 aromatic carbocycles. The molecule has 6 nitrogen and oxygen atoms in total. The predicted molar refractivity (Wildman–Crippen MR) is 85.8 cm³/mol. The molecule has 0 unspecified atom stereocenters. The van der Waals surface area contributed by atoms with Gasteiger partial charge in [0.2, 0.25) is 0 Å². The van der Waals surface area contributed by atoms with Crippen LogP contribution in [-0.4, -0.2) is 42.8 Å². The van der Waals surface area contributed by atoms with Gasteiger partial charge in [-0.2, -0.15) is 5.10 Å². The zero-order chi connectivity index (χ0) is 16.4. The summed E-state index contributed by atoms with van der Waals surface area (Å²) >= 11 is 0. The second kappa shape index (κ2) is 6.43. The molecule has 0 atom stereocenters. The number of aromatic nitrogens is 2. The first kappa shape index (κ1) is 16.2. The lowest BCUT2D eigenvalue weighted by Gasteiger charge is -2.24. The van der Waals surface area contributed by atoms with E-state index in [0.717, 1.165) is 24.1 Å². The molecule has 0 radical (unpaired) electrons. The van der Waals surface area contributed by atoms with Crippen LogP contribution < -0.4 is 0 Å². The maximum Gasteiger partial charge on any atom is 0.175 e. The quantitative estimate of drug-likeness (QED) is 0.921. The highest BCUT2D eigenvalue weighted by Crippen LogP contribution is 2.29. The molecule has 0 bridgehead atoms. The summed E-state index contributed by atoms with van der Waals surface area (Å²) in [5.41, 5.74) is 2.38. The van der Waals surface area contributed by atoms with Crippen LogP contribution in [0.1, 0.15) is 24.6 Å². The summed E-state index contributed by atoms with van der Waals surface area (Å²) in [6.45, 7) is 1.28. The van der Waals surface area contributed by atoms with E-state index >= 15 is 0 Å². The van der Waals surface area contributed by atoms with Crippen LogP contribution in [0.4, 0.5) is 0 Å². The summed E-state index contributed by atoms with van der Waals surface area (Å²) in [7, 11) is -3.21. The third-order valence-electron chi connectivity index (χ3n) is 4.06. The lowest BCUT2D eigenvalue weighted by Crippen LogP contribution is -2.21. The summed E-state index contributed by atoms with van der Waals surface area (Å²) in [6, 6.07) is 8.85. The van der Waals surface area contributed by atoms with E-state index in [4.69, 9.17) is 4.74 Å². The van der Waals surface area contributed by atoms with Crippen molar-refractivity contribution in [2.45, 2.75) is 30.4 Å². The van der Waals surface area contributed by atoms with E-state index < -0.39 is 9.84 Å². The van der Waals surface area contributed by atoms with Gasteiger partial charge in [-0.05, 0) is 36.6 Å². The van der Waals surface area contributed by atoms with Crippen molar-refractivity contribution in [2.75, 3.05) is 19.5 Å². The first-order valence-electron chi connectivity index (χ1n) is 7.56. The molecule has 0 spiro atoms. The van der Waals surface area contributed by atoms with Crippen molar-refractivity contribution in [1.29, 1.82) is 0 Å². The number of aliphatic hydroxyl groups is 1. The van der Waals surface area contributed by atoms with E-state index in [2.05, 4.69) is 5.10 Å². The maximum atomic E-state index is 11.6. The van der Waals surface area contributed by atoms with Crippen LogP contribution >= 0.6 is 0 Å². The molecule has 1 N–H and O–H groups in total. The number of sulfone groups is 1. The highest BCUT2D eigenvalue weighted by Gasteiger charge is 2.21. The zero-order valence-electron chi connectivity index (χ0n) is 13.0. The number of hydrogen-bond acceptors (Lipinski definition) is 5.